The molecule has 0 saturated heterocycles. The number of hydrogen-bond donors (Lipinski definition) is 1. The van der Waals surface area contributed by atoms with Crippen LogP contribution in [0.15, 0.2) is 72.8 Å². The quantitative estimate of drug-likeness (QED) is 0.592. The van der Waals surface area contributed by atoms with Crippen LogP contribution in [0.1, 0.15) is 21.5 Å². The summed E-state index contributed by atoms with van der Waals surface area (Å²) in [7, 11) is 3.21. The number of amides is 1. The number of ether oxygens (including phenoxy) is 3. The Morgan fingerprint density at radius 2 is 1.55 bits per heavy atom. The molecular formula is C24H25NO4. The fourth-order valence-electron chi connectivity index (χ4n) is 2.99. The van der Waals surface area contributed by atoms with Gasteiger partial charge >= 0.3 is 0 Å². The molecule has 3 aromatic rings. The number of carbonyl (C=O) groups is 1. The second kappa shape index (κ2) is 10.2. The van der Waals surface area contributed by atoms with E-state index in [2.05, 4.69) is 5.32 Å². The summed E-state index contributed by atoms with van der Waals surface area (Å²) in [4.78, 5) is 12.5. The number of hydrogen-bond acceptors (Lipinski definition) is 4. The highest BCUT2D eigenvalue weighted by Crippen LogP contribution is 2.29. The van der Waals surface area contributed by atoms with Crippen LogP contribution in [-0.4, -0.2) is 26.7 Å². The second-order valence-electron chi connectivity index (χ2n) is 6.46. The molecule has 0 spiro atoms. The Bertz CT molecular complexity index is 941. The van der Waals surface area contributed by atoms with Gasteiger partial charge in [-0.2, -0.15) is 0 Å². The standard InChI is InChI=1S/C24H25NO4/c1-27-21-11-7-6-10-19(21)14-15-25-24(26)20-12-13-22(23(16-20)28-2)29-17-18-8-4-3-5-9-18/h3-13,16H,14-15,17H2,1-2H3,(H,25,26). The van der Waals surface area contributed by atoms with Gasteiger partial charge in [0.1, 0.15) is 12.4 Å². The summed E-state index contributed by atoms with van der Waals surface area (Å²) < 4.78 is 16.6. The van der Waals surface area contributed by atoms with Crippen LogP contribution in [0.4, 0.5) is 0 Å². The molecule has 150 valence electrons. The first kappa shape index (κ1) is 20.3. The molecule has 0 atom stereocenters. The molecule has 29 heavy (non-hydrogen) atoms. The van der Waals surface area contributed by atoms with Crippen molar-refractivity contribution < 1.29 is 19.0 Å². The zero-order chi connectivity index (χ0) is 20.5. The van der Waals surface area contributed by atoms with Gasteiger partial charge < -0.3 is 19.5 Å². The molecule has 0 aliphatic rings. The van der Waals surface area contributed by atoms with Crippen LogP contribution in [0, 0.1) is 0 Å². The van der Waals surface area contributed by atoms with E-state index in [9.17, 15) is 4.79 Å². The molecule has 5 heteroatoms. The average Bonchev–Trinajstić information content (AvgIpc) is 2.78. The summed E-state index contributed by atoms with van der Waals surface area (Å²) in [5.74, 6) is 1.79. The SMILES string of the molecule is COc1ccccc1CCNC(=O)c1ccc(OCc2ccccc2)c(OC)c1. The van der Waals surface area contributed by atoms with Crippen molar-refractivity contribution in [3.05, 3.63) is 89.5 Å². The van der Waals surface area contributed by atoms with E-state index in [1.165, 1.54) is 0 Å². The third-order valence-corrected chi connectivity index (χ3v) is 4.54. The van der Waals surface area contributed by atoms with Crippen molar-refractivity contribution in [1.82, 2.24) is 5.32 Å². The molecule has 0 radical (unpaired) electrons. The summed E-state index contributed by atoms with van der Waals surface area (Å²) in [5.41, 5.74) is 2.64. The van der Waals surface area contributed by atoms with Gasteiger partial charge in [-0.05, 0) is 41.8 Å². The van der Waals surface area contributed by atoms with Crippen LogP contribution in [0.25, 0.3) is 0 Å². The molecule has 3 rings (SSSR count). The Morgan fingerprint density at radius 1 is 0.828 bits per heavy atom. The van der Waals surface area contributed by atoms with Crippen molar-refractivity contribution in [2.45, 2.75) is 13.0 Å². The highest BCUT2D eigenvalue weighted by atomic mass is 16.5. The average molecular weight is 391 g/mol. The third-order valence-electron chi connectivity index (χ3n) is 4.54. The smallest absolute Gasteiger partial charge is 0.251 e. The Hall–Kier alpha value is -3.47. The van der Waals surface area contributed by atoms with E-state index >= 15 is 0 Å². The maximum absolute atomic E-state index is 12.5. The highest BCUT2D eigenvalue weighted by Gasteiger charge is 2.12. The van der Waals surface area contributed by atoms with Gasteiger partial charge in [-0.25, -0.2) is 0 Å². The molecule has 1 N–H and O–H groups in total. The van der Waals surface area contributed by atoms with Crippen molar-refractivity contribution in [3.63, 3.8) is 0 Å². The topological polar surface area (TPSA) is 56.8 Å². The molecule has 1 amide bonds. The molecule has 0 unspecified atom stereocenters. The second-order valence-corrected chi connectivity index (χ2v) is 6.46. The maximum Gasteiger partial charge on any atom is 0.251 e. The van der Waals surface area contributed by atoms with Crippen LogP contribution in [0.5, 0.6) is 17.2 Å². The van der Waals surface area contributed by atoms with E-state index in [0.29, 0.717) is 36.6 Å². The normalized spacial score (nSPS) is 10.3. The van der Waals surface area contributed by atoms with Crippen LogP contribution < -0.4 is 19.5 Å². The zero-order valence-electron chi connectivity index (χ0n) is 16.7. The predicted molar refractivity (Wildman–Crippen MR) is 113 cm³/mol. The lowest BCUT2D eigenvalue weighted by atomic mass is 10.1. The molecule has 3 aromatic carbocycles. The summed E-state index contributed by atoms with van der Waals surface area (Å²) in [5, 5.41) is 2.94. The molecule has 0 bridgehead atoms. The van der Waals surface area contributed by atoms with Gasteiger partial charge in [0, 0.05) is 12.1 Å². The van der Waals surface area contributed by atoms with E-state index in [1.54, 1.807) is 32.4 Å². The van der Waals surface area contributed by atoms with Gasteiger partial charge in [0.25, 0.3) is 5.91 Å². The summed E-state index contributed by atoms with van der Waals surface area (Å²) >= 11 is 0. The fraction of sp³-hybridized carbons (Fsp3) is 0.208. The lowest BCUT2D eigenvalue weighted by Crippen LogP contribution is -2.25. The summed E-state index contributed by atoms with van der Waals surface area (Å²) in [6.45, 7) is 0.940. The van der Waals surface area contributed by atoms with Gasteiger partial charge in [0.05, 0.1) is 14.2 Å². The first-order valence-electron chi connectivity index (χ1n) is 9.46. The van der Waals surface area contributed by atoms with Crippen molar-refractivity contribution in [2.24, 2.45) is 0 Å². The van der Waals surface area contributed by atoms with Crippen LogP contribution in [-0.2, 0) is 13.0 Å². The Balaban J connectivity index is 1.59. The van der Waals surface area contributed by atoms with Crippen molar-refractivity contribution in [3.8, 4) is 17.2 Å². The number of rotatable bonds is 9. The lowest BCUT2D eigenvalue weighted by Gasteiger charge is -2.13. The minimum Gasteiger partial charge on any atom is -0.496 e. The summed E-state index contributed by atoms with van der Waals surface area (Å²) in [6.07, 6.45) is 0.686. The first-order chi connectivity index (χ1) is 14.2. The monoisotopic (exact) mass is 391 g/mol. The zero-order valence-corrected chi connectivity index (χ0v) is 16.7. The molecule has 0 fully saturated rings. The largest absolute Gasteiger partial charge is 0.496 e. The van der Waals surface area contributed by atoms with E-state index < -0.39 is 0 Å². The fourth-order valence-corrected chi connectivity index (χ4v) is 2.99. The molecule has 0 heterocycles. The molecule has 0 saturated carbocycles. The van der Waals surface area contributed by atoms with Gasteiger partial charge in [-0.3, -0.25) is 4.79 Å². The van der Waals surface area contributed by atoms with Gasteiger partial charge in [-0.15, -0.1) is 0 Å². The Kier molecular flexibility index (Phi) is 7.11. The highest BCUT2D eigenvalue weighted by molar-refractivity contribution is 5.94. The van der Waals surface area contributed by atoms with Crippen molar-refractivity contribution >= 4 is 5.91 Å². The Morgan fingerprint density at radius 3 is 2.31 bits per heavy atom. The predicted octanol–water partition coefficient (Wildman–Crippen LogP) is 4.26. The van der Waals surface area contributed by atoms with E-state index in [-0.39, 0.29) is 5.91 Å². The van der Waals surface area contributed by atoms with Crippen molar-refractivity contribution in [2.75, 3.05) is 20.8 Å². The Labute approximate surface area is 171 Å². The number of nitrogens with one attached hydrogen (secondary N) is 1. The molecule has 0 aromatic heterocycles. The molecular weight excluding hydrogens is 366 g/mol. The third kappa shape index (κ3) is 5.51. The number of methoxy groups -OCH3 is 2. The van der Waals surface area contributed by atoms with E-state index in [0.717, 1.165) is 16.9 Å². The van der Waals surface area contributed by atoms with E-state index in [1.807, 2.05) is 54.6 Å². The van der Waals surface area contributed by atoms with Crippen LogP contribution in [0.3, 0.4) is 0 Å². The van der Waals surface area contributed by atoms with Crippen LogP contribution >= 0.6 is 0 Å². The van der Waals surface area contributed by atoms with Gasteiger partial charge in [0.2, 0.25) is 0 Å². The minimum atomic E-state index is -0.159. The van der Waals surface area contributed by atoms with E-state index in [4.69, 9.17) is 14.2 Å². The minimum absolute atomic E-state index is 0.159. The number of benzene rings is 3. The summed E-state index contributed by atoms with van der Waals surface area (Å²) in [6, 6.07) is 22.9. The molecule has 5 nitrogen and oxygen atoms in total. The molecule has 0 aliphatic heterocycles. The lowest BCUT2D eigenvalue weighted by molar-refractivity contribution is 0.0953. The number of para-hydroxylation sites is 1. The first-order valence-corrected chi connectivity index (χ1v) is 9.46. The van der Waals surface area contributed by atoms with Gasteiger partial charge in [-0.1, -0.05) is 48.5 Å². The molecule has 0 aliphatic carbocycles. The van der Waals surface area contributed by atoms with Crippen molar-refractivity contribution in [1.29, 1.82) is 0 Å². The van der Waals surface area contributed by atoms with Crippen LogP contribution in [0.2, 0.25) is 0 Å². The maximum atomic E-state index is 12.5. The van der Waals surface area contributed by atoms with Gasteiger partial charge in [0.15, 0.2) is 11.5 Å². The number of carbonyl (C=O) groups excluding carboxylic acids is 1.